The Balaban J connectivity index is 1.70. The Bertz CT molecular complexity index is 302. The molecule has 0 amide bonds. The topological polar surface area (TPSA) is 12.5 Å². The van der Waals surface area contributed by atoms with E-state index in [9.17, 15) is 0 Å². The van der Waals surface area contributed by atoms with Gasteiger partial charge < -0.3 is 9.64 Å². The van der Waals surface area contributed by atoms with E-state index in [-0.39, 0.29) is 0 Å². The minimum Gasteiger partial charge on any atom is -0.377 e. The quantitative estimate of drug-likeness (QED) is 0.212. The maximum absolute atomic E-state index is 5.94. The summed E-state index contributed by atoms with van der Waals surface area (Å²) in [6.45, 7) is 5.59. The van der Waals surface area contributed by atoms with Crippen molar-refractivity contribution in [3.8, 4) is 0 Å². The number of likely N-dealkylation sites (N-methyl/N-ethyl adjacent to an activating group) is 1. The number of ether oxygens (including phenoxy) is 1. The van der Waals surface area contributed by atoms with Crippen LogP contribution in [-0.4, -0.2) is 37.7 Å². The van der Waals surface area contributed by atoms with E-state index in [4.69, 9.17) is 4.74 Å². The van der Waals surface area contributed by atoms with Crippen LogP contribution in [0, 0.1) is 0 Å². The number of unbranched alkanes of at least 4 members (excludes halogenated alkanes) is 12. The minimum absolute atomic E-state index is 0.510. The fraction of sp³-hybridized carbons (Fsp3) is 0.913. The summed E-state index contributed by atoms with van der Waals surface area (Å²) < 4.78 is 5.94. The molecule has 1 heterocycles. The molecule has 0 unspecified atom stereocenters. The molecule has 1 saturated heterocycles. The van der Waals surface area contributed by atoms with E-state index in [1.165, 1.54) is 103 Å². The van der Waals surface area contributed by atoms with Gasteiger partial charge in [0.05, 0.1) is 6.10 Å². The summed E-state index contributed by atoms with van der Waals surface area (Å²) in [4.78, 5) is 2.37. The molecule has 1 fully saturated rings. The lowest BCUT2D eigenvalue weighted by molar-refractivity contribution is 0.0581. The summed E-state index contributed by atoms with van der Waals surface area (Å²) >= 11 is 0. The molecule has 25 heavy (non-hydrogen) atoms. The Hall–Kier alpha value is -0.340. The average Bonchev–Trinajstić information content (AvgIpc) is 3.03. The van der Waals surface area contributed by atoms with Crippen molar-refractivity contribution in [3.05, 3.63) is 12.2 Å². The normalized spacial score (nSPS) is 18.6. The van der Waals surface area contributed by atoms with Crippen LogP contribution in [0.25, 0.3) is 0 Å². The molecule has 1 aliphatic heterocycles. The Kier molecular flexibility index (Phi) is 15.5. The first-order chi connectivity index (χ1) is 12.3. The second kappa shape index (κ2) is 17.1. The van der Waals surface area contributed by atoms with Crippen molar-refractivity contribution in [1.82, 2.24) is 4.90 Å². The summed E-state index contributed by atoms with van der Waals surface area (Å²) in [6.07, 6.45) is 25.7. The highest BCUT2D eigenvalue weighted by atomic mass is 16.5. The van der Waals surface area contributed by atoms with E-state index in [2.05, 4.69) is 31.0 Å². The molecular weight excluding hydrogens is 306 g/mol. The Morgan fingerprint density at radius 2 is 1.36 bits per heavy atom. The van der Waals surface area contributed by atoms with Gasteiger partial charge in [-0.3, -0.25) is 0 Å². The van der Waals surface area contributed by atoms with Crippen molar-refractivity contribution in [2.75, 3.05) is 26.7 Å². The molecule has 0 saturated carbocycles. The summed E-state index contributed by atoms with van der Waals surface area (Å²) in [5, 5.41) is 0. The van der Waals surface area contributed by atoms with Crippen LogP contribution < -0.4 is 0 Å². The zero-order valence-corrected chi connectivity index (χ0v) is 17.3. The van der Waals surface area contributed by atoms with Gasteiger partial charge in [0.25, 0.3) is 0 Å². The van der Waals surface area contributed by atoms with E-state index in [1.807, 2.05) is 0 Å². The zero-order chi connectivity index (χ0) is 18.0. The van der Waals surface area contributed by atoms with Crippen molar-refractivity contribution in [2.24, 2.45) is 0 Å². The van der Waals surface area contributed by atoms with Gasteiger partial charge in [0.1, 0.15) is 0 Å². The molecule has 0 aromatic heterocycles. The summed E-state index contributed by atoms with van der Waals surface area (Å²) in [5.74, 6) is 0. The molecule has 2 nitrogen and oxygen atoms in total. The third-order valence-electron chi connectivity index (χ3n) is 5.36. The van der Waals surface area contributed by atoms with Crippen LogP contribution in [0.3, 0.4) is 0 Å². The highest BCUT2D eigenvalue weighted by Gasteiger charge is 2.19. The second-order valence-electron chi connectivity index (χ2n) is 7.98. The van der Waals surface area contributed by atoms with E-state index in [0.29, 0.717) is 6.10 Å². The van der Waals surface area contributed by atoms with Crippen molar-refractivity contribution in [2.45, 2.75) is 109 Å². The smallest absolute Gasteiger partial charge is 0.0714 e. The summed E-state index contributed by atoms with van der Waals surface area (Å²) in [7, 11) is 2.19. The molecule has 1 atom stereocenters. The molecule has 0 spiro atoms. The maximum Gasteiger partial charge on any atom is 0.0714 e. The van der Waals surface area contributed by atoms with Crippen molar-refractivity contribution < 1.29 is 4.74 Å². The van der Waals surface area contributed by atoms with Gasteiger partial charge in [-0.1, -0.05) is 76.9 Å². The third-order valence-corrected chi connectivity index (χ3v) is 5.36. The standard InChI is InChI=1S/C23H45NO/c1-3-4-5-6-7-8-9-10-11-12-13-14-15-16-17-18-21-25-23-19-20-24(2)22-23/h8-9,23H,3-7,10-22H2,1-2H3/b9-8-/t23-/m0/s1. The highest BCUT2D eigenvalue weighted by molar-refractivity contribution is 4.81. The number of hydrogen-bond acceptors (Lipinski definition) is 2. The van der Waals surface area contributed by atoms with E-state index < -0.39 is 0 Å². The number of nitrogens with zero attached hydrogens (tertiary/aromatic N) is 1. The third kappa shape index (κ3) is 14.5. The number of rotatable bonds is 17. The predicted octanol–water partition coefficient (Wildman–Crippen LogP) is 6.74. The first kappa shape index (κ1) is 22.7. The first-order valence-electron chi connectivity index (χ1n) is 11.3. The molecule has 0 radical (unpaired) electrons. The van der Waals surface area contributed by atoms with Gasteiger partial charge in [0, 0.05) is 19.7 Å². The second-order valence-corrected chi connectivity index (χ2v) is 7.98. The Morgan fingerprint density at radius 3 is 1.92 bits per heavy atom. The SMILES string of the molecule is CCCCCC/C=C\CCCCCCCCCCO[C@H]1CCN(C)C1. The molecule has 0 aliphatic carbocycles. The van der Waals surface area contributed by atoms with Crippen LogP contribution in [-0.2, 0) is 4.74 Å². The zero-order valence-electron chi connectivity index (χ0n) is 17.3. The summed E-state index contributed by atoms with van der Waals surface area (Å²) in [6, 6.07) is 0. The van der Waals surface area contributed by atoms with Gasteiger partial charge in [0.2, 0.25) is 0 Å². The lowest BCUT2D eigenvalue weighted by atomic mass is 10.1. The molecule has 0 N–H and O–H groups in total. The highest BCUT2D eigenvalue weighted by Crippen LogP contribution is 2.13. The van der Waals surface area contributed by atoms with Crippen LogP contribution in [0.5, 0.6) is 0 Å². The van der Waals surface area contributed by atoms with Gasteiger partial charge in [-0.25, -0.2) is 0 Å². The van der Waals surface area contributed by atoms with E-state index in [0.717, 1.165) is 13.2 Å². The van der Waals surface area contributed by atoms with Gasteiger partial charge in [-0.15, -0.1) is 0 Å². The van der Waals surface area contributed by atoms with Crippen molar-refractivity contribution in [3.63, 3.8) is 0 Å². The molecule has 2 heteroatoms. The fourth-order valence-corrected chi connectivity index (χ4v) is 3.63. The molecular formula is C23H45NO. The van der Waals surface area contributed by atoms with Crippen LogP contribution in [0.4, 0.5) is 0 Å². The van der Waals surface area contributed by atoms with Crippen LogP contribution in [0.15, 0.2) is 12.2 Å². The Morgan fingerprint density at radius 1 is 0.800 bits per heavy atom. The van der Waals surface area contributed by atoms with E-state index in [1.54, 1.807) is 0 Å². The molecule has 1 aliphatic rings. The van der Waals surface area contributed by atoms with Crippen molar-refractivity contribution in [1.29, 1.82) is 0 Å². The van der Waals surface area contributed by atoms with Gasteiger partial charge in [-0.05, 0) is 45.6 Å². The van der Waals surface area contributed by atoms with Gasteiger partial charge >= 0.3 is 0 Å². The first-order valence-corrected chi connectivity index (χ1v) is 11.3. The maximum atomic E-state index is 5.94. The van der Waals surface area contributed by atoms with Crippen molar-refractivity contribution >= 4 is 0 Å². The molecule has 0 aromatic carbocycles. The molecule has 0 bridgehead atoms. The summed E-state index contributed by atoms with van der Waals surface area (Å²) in [5.41, 5.74) is 0. The van der Waals surface area contributed by atoms with Crippen LogP contribution >= 0.6 is 0 Å². The molecule has 148 valence electrons. The number of likely N-dealkylation sites (tertiary alicyclic amines) is 1. The minimum atomic E-state index is 0.510. The van der Waals surface area contributed by atoms with Crippen LogP contribution in [0.1, 0.15) is 103 Å². The number of hydrogen-bond donors (Lipinski definition) is 0. The lowest BCUT2D eigenvalue weighted by Crippen LogP contribution is -2.19. The van der Waals surface area contributed by atoms with E-state index >= 15 is 0 Å². The fourth-order valence-electron chi connectivity index (χ4n) is 3.63. The number of allylic oxidation sites excluding steroid dienone is 2. The average molecular weight is 352 g/mol. The Labute approximate surface area is 158 Å². The monoisotopic (exact) mass is 351 g/mol. The predicted molar refractivity (Wildman–Crippen MR) is 111 cm³/mol. The largest absolute Gasteiger partial charge is 0.377 e. The lowest BCUT2D eigenvalue weighted by Gasteiger charge is -2.11. The van der Waals surface area contributed by atoms with Gasteiger partial charge in [-0.2, -0.15) is 0 Å². The van der Waals surface area contributed by atoms with Gasteiger partial charge in [0.15, 0.2) is 0 Å². The molecule has 0 aromatic rings. The van der Waals surface area contributed by atoms with Crippen LogP contribution in [0.2, 0.25) is 0 Å². The molecule has 1 rings (SSSR count).